The molecular weight excluding hydrogens is 420 g/mol. The largest absolute Gasteiger partial charge is 0.507 e. The summed E-state index contributed by atoms with van der Waals surface area (Å²) in [6.07, 6.45) is 0.704. The van der Waals surface area contributed by atoms with Gasteiger partial charge >= 0.3 is 0 Å². The van der Waals surface area contributed by atoms with E-state index in [-0.39, 0.29) is 17.4 Å². The van der Waals surface area contributed by atoms with Crippen LogP contribution in [0.2, 0.25) is 0 Å². The molecule has 0 unspecified atom stereocenters. The highest BCUT2D eigenvalue weighted by atomic mass is 16.5. The van der Waals surface area contributed by atoms with Crippen molar-refractivity contribution in [1.29, 1.82) is 0 Å². The lowest BCUT2D eigenvalue weighted by molar-refractivity contribution is -0.140. The van der Waals surface area contributed by atoms with Crippen LogP contribution in [0.4, 0.5) is 0 Å². The van der Waals surface area contributed by atoms with E-state index < -0.39 is 17.7 Å². The summed E-state index contributed by atoms with van der Waals surface area (Å²) in [5.41, 5.74) is 1.16. The van der Waals surface area contributed by atoms with Crippen molar-refractivity contribution in [2.45, 2.75) is 32.4 Å². The van der Waals surface area contributed by atoms with Gasteiger partial charge in [-0.25, -0.2) is 0 Å². The maximum absolute atomic E-state index is 13.1. The molecule has 1 amide bonds. The van der Waals surface area contributed by atoms with Crippen LogP contribution >= 0.6 is 0 Å². The molecule has 0 spiro atoms. The molecule has 1 saturated heterocycles. The third-order valence-corrected chi connectivity index (χ3v) is 5.48. The van der Waals surface area contributed by atoms with Gasteiger partial charge in [-0.1, -0.05) is 18.2 Å². The lowest BCUT2D eigenvalue weighted by Crippen LogP contribution is -2.32. The molecule has 1 fully saturated rings. The summed E-state index contributed by atoms with van der Waals surface area (Å²) in [4.78, 5) is 29.7. The van der Waals surface area contributed by atoms with Crippen molar-refractivity contribution in [3.8, 4) is 11.5 Å². The van der Waals surface area contributed by atoms with Crippen LogP contribution < -0.4 is 9.47 Å². The zero-order valence-electron chi connectivity index (χ0n) is 19.9. The molecule has 1 heterocycles. The number of Topliss-reactive ketones (excluding diaryl/α,β-unsaturated/α-hetero) is 1. The number of nitrogens with zero attached hydrogens (tertiary/aromatic N) is 2. The molecule has 7 heteroatoms. The molecular formula is C26H32N2O5. The minimum Gasteiger partial charge on any atom is -0.507 e. The maximum atomic E-state index is 13.1. The minimum absolute atomic E-state index is 0.0162. The van der Waals surface area contributed by atoms with Crippen LogP contribution in [0.5, 0.6) is 11.5 Å². The Morgan fingerprint density at radius 3 is 2.36 bits per heavy atom. The van der Waals surface area contributed by atoms with Crippen molar-refractivity contribution >= 4 is 17.4 Å². The zero-order valence-corrected chi connectivity index (χ0v) is 19.9. The average molecular weight is 453 g/mol. The fraction of sp³-hybridized carbons (Fsp3) is 0.385. The summed E-state index contributed by atoms with van der Waals surface area (Å²) in [6, 6.07) is 13.4. The van der Waals surface area contributed by atoms with Gasteiger partial charge in [0, 0.05) is 17.7 Å². The highest BCUT2D eigenvalue weighted by molar-refractivity contribution is 6.46. The van der Waals surface area contributed by atoms with Crippen LogP contribution in [0, 0.1) is 0 Å². The molecule has 0 radical (unpaired) electrons. The molecule has 2 aromatic rings. The fourth-order valence-corrected chi connectivity index (χ4v) is 4.00. The quantitative estimate of drug-likeness (QED) is 0.354. The molecule has 7 nitrogen and oxygen atoms in total. The van der Waals surface area contributed by atoms with E-state index in [1.165, 1.54) is 4.90 Å². The molecule has 0 saturated carbocycles. The van der Waals surface area contributed by atoms with Gasteiger partial charge in [-0.3, -0.25) is 9.59 Å². The van der Waals surface area contributed by atoms with Crippen LogP contribution in [-0.2, 0) is 9.59 Å². The molecule has 1 atom stereocenters. The number of methoxy groups -OCH3 is 1. The molecule has 3 rings (SSSR count). The molecule has 1 aliphatic heterocycles. The Balaban J connectivity index is 2.08. The molecule has 1 N–H and O–H groups in total. The number of aliphatic hydroxyl groups excluding tert-OH is 1. The summed E-state index contributed by atoms with van der Waals surface area (Å²) in [7, 11) is 5.46. The Morgan fingerprint density at radius 1 is 1.09 bits per heavy atom. The van der Waals surface area contributed by atoms with Gasteiger partial charge in [0.25, 0.3) is 11.7 Å². The van der Waals surface area contributed by atoms with Crippen molar-refractivity contribution in [2.24, 2.45) is 0 Å². The lowest BCUT2D eigenvalue weighted by Gasteiger charge is -2.27. The zero-order chi connectivity index (χ0) is 24.1. The number of carbonyl (C=O) groups excluding carboxylic acids is 2. The standard InChI is InChI=1S/C26H32N2O5/c1-17(2)33-19-13-11-18(12-14-19)24(29)22-23(20-9-6-7-10-21(20)32-5)28(26(31)25(22)30)16-8-15-27(3)4/h6-7,9-14,17,23,29H,8,15-16H2,1-5H3/t23-/m0/s1. The molecule has 2 aromatic carbocycles. The van der Waals surface area contributed by atoms with E-state index in [9.17, 15) is 14.7 Å². The summed E-state index contributed by atoms with van der Waals surface area (Å²) in [5.74, 6) is -0.322. The number of aliphatic hydroxyl groups is 1. The van der Waals surface area contributed by atoms with Gasteiger partial charge < -0.3 is 24.4 Å². The van der Waals surface area contributed by atoms with Gasteiger partial charge in [-0.05, 0) is 71.2 Å². The topological polar surface area (TPSA) is 79.3 Å². The Bertz CT molecular complexity index is 1030. The number of para-hydroxylation sites is 1. The SMILES string of the molecule is COc1ccccc1[C@H]1C(=C(O)c2ccc(OC(C)C)cc2)C(=O)C(=O)N1CCCN(C)C. The average Bonchev–Trinajstić information content (AvgIpc) is 3.03. The first-order valence-electron chi connectivity index (χ1n) is 11.1. The Kier molecular flexibility index (Phi) is 7.76. The maximum Gasteiger partial charge on any atom is 0.295 e. The highest BCUT2D eigenvalue weighted by Gasteiger charge is 2.46. The second kappa shape index (κ2) is 10.5. The summed E-state index contributed by atoms with van der Waals surface area (Å²) < 4.78 is 11.2. The number of ketones is 1. The third-order valence-electron chi connectivity index (χ3n) is 5.48. The van der Waals surface area contributed by atoms with Crippen molar-refractivity contribution in [3.05, 3.63) is 65.2 Å². The van der Waals surface area contributed by atoms with E-state index in [1.54, 1.807) is 37.4 Å². The van der Waals surface area contributed by atoms with Crippen LogP contribution in [-0.4, -0.2) is 67.0 Å². The second-order valence-electron chi connectivity index (χ2n) is 8.58. The molecule has 0 aliphatic carbocycles. The number of hydrogen-bond acceptors (Lipinski definition) is 6. The number of likely N-dealkylation sites (tertiary alicyclic amines) is 1. The summed E-state index contributed by atoms with van der Waals surface area (Å²) in [5, 5.41) is 11.2. The number of rotatable bonds is 9. The number of carbonyl (C=O) groups is 2. The molecule has 1 aliphatic rings. The van der Waals surface area contributed by atoms with Gasteiger partial charge in [-0.15, -0.1) is 0 Å². The molecule has 0 aromatic heterocycles. The van der Waals surface area contributed by atoms with E-state index in [4.69, 9.17) is 9.47 Å². The number of benzene rings is 2. The van der Waals surface area contributed by atoms with Crippen molar-refractivity contribution in [1.82, 2.24) is 9.80 Å². The van der Waals surface area contributed by atoms with Crippen LogP contribution in [0.15, 0.2) is 54.1 Å². The minimum atomic E-state index is -0.741. The van der Waals surface area contributed by atoms with Gasteiger partial charge in [-0.2, -0.15) is 0 Å². The Labute approximate surface area is 195 Å². The van der Waals surface area contributed by atoms with Crippen LogP contribution in [0.3, 0.4) is 0 Å². The summed E-state index contributed by atoms with van der Waals surface area (Å²) in [6.45, 7) is 5.00. The second-order valence-corrected chi connectivity index (χ2v) is 8.58. The number of ether oxygens (including phenoxy) is 2. The van der Waals surface area contributed by atoms with E-state index in [0.717, 1.165) is 6.54 Å². The van der Waals surface area contributed by atoms with E-state index in [1.807, 2.05) is 51.0 Å². The molecule has 33 heavy (non-hydrogen) atoms. The van der Waals surface area contributed by atoms with Gasteiger partial charge in [0.05, 0.1) is 24.8 Å². The summed E-state index contributed by atoms with van der Waals surface area (Å²) >= 11 is 0. The first kappa shape index (κ1) is 24.3. The number of hydrogen-bond donors (Lipinski definition) is 1. The van der Waals surface area contributed by atoms with Crippen molar-refractivity contribution in [2.75, 3.05) is 34.3 Å². The van der Waals surface area contributed by atoms with Crippen molar-refractivity contribution in [3.63, 3.8) is 0 Å². The lowest BCUT2D eigenvalue weighted by atomic mass is 9.94. The first-order chi connectivity index (χ1) is 15.7. The third kappa shape index (κ3) is 5.37. The molecule has 176 valence electrons. The monoisotopic (exact) mass is 452 g/mol. The van der Waals surface area contributed by atoms with E-state index in [0.29, 0.717) is 35.6 Å². The Hall–Kier alpha value is -3.32. The normalized spacial score (nSPS) is 17.8. The van der Waals surface area contributed by atoms with Gasteiger partial charge in [0.1, 0.15) is 17.3 Å². The number of amides is 1. The Morgan fingerprint density at radius 2 is 1.76 bits per heavy atom. The van der Waals surface area contributed by atoms with Crippen molar-refractivity contribution < 1.29 is 24.2 Å². The fourth-order valence-electron chi connectivity index (χ4n) is 4.00. The van der Waals surface area contributed by atoms with Gasteiger partial charge in [0.15, 0.2) is 0 Å². The smallest absolute Gasteiger partial charge is 0.295 e. The predicted molar refractivity (Wildman–Crippen MR) is 127 cm³/mol. The highest BCUT2D eigenvalue weighted by Crippen LogP contribution is 2.42. The van der Waals surface area contributed by atoms with Gasteiger partial charge in [0.2, 0.25) is 0 Å². The van der Waals surface area contributed by atoms with E-state index in [2.05, 4.69) is 0 Å². The van der Waals surface area contributed by atoms with Crippen LogP contribution in [0.25, 0.3) is 5.76 Å². The molecule has 0 bridgehead atoms. The van der Waals surface area contributed by atoms with E-state index >= 15 is 0 Å². The van der Waals surface area contributed by atoms with Crippen LogP contribution in [0.1, 0.15) is 37.4 Å². The predicted octanol–water partition coefficient (Wildman–Crippen LogP) is 3.86. The first-order valence-corrected chi connectivity index (χ1v) is 11.1.